The molecule has 0 saturated carbocycles. The van der Waals surface area contributed by atoms with Gasteiger partial charge in [0, 0.05) is 44.2 Å². The first kappa shape index (κ1) is 41.7. The number of nitrogens with zero attached hydrogens (tertiary/aromatic N) is 3. The maximum absolute atomic E-state index is 9.94. The van der Waals surface area contributed by atoms with Crippen LogP contribution in [0.2, 0.25) is 0 Å². The summed E-state index contributed by atoms with van der Waals surface area (Å²) < 4.78 is 6.96. The predicted molar refractivity (Wildman–Crippen MR) is 299 cm³/mol. The van der Waals surface area contributed by atoms with E-state index in [1.807, 2.05) is 6.07 Å². The minimum Gasteiger partial charge on any atom is -0.309 e. The number of rotatable bonds is 7. The van der Waals surface area contributed by atoms with Gasteiger partial charge in [-0.05, 0) is 140 Å². The van der Waals surface area contributed by atoms with Gasteiger partial charge in [0.1, 0.15) is 11.4 Å². The SMILES string of the molecule is CC1(C)c2ccccc2-c2ccc(-c3cccc(N(C4=CC=C(c5ccc(-n6c7ccc8ccccc8c7c7ccc8ccccc8c76)cc5)C(=NS)C4=N)c4ccc(-c5ccccc5)cc4)c3)cc21. The van der Waals surface area contributed by atoms with Crippen LogP contribution < -0.4 is 4.90 Å². The van der Waals surface area contributed by atoms with Gasteiger partial charge >= 0.3 is 0 Å². The molecule has 332 valence electrons. The van der Waals surface area contributed by atoms with Crippen LogP contribution in [-0.4, -0.2) is 16.0 Å². The van der Waals surface area contributed by atoms with Crippen molar-refractivity contribution in [1.82, 2.24) is 4.57 Å². The lowest BCUT2D eigenvalue weighted by Crippen LogP contribution is -2.30. The standard InChI is InChI=1S/C65H46N4S/c1-65(2)57-22-11-10-21-54(57)55-34-28-47(40-58(55)65)46-17-12-18-50(39-46)68(48-30-23-42(24-31-48)41-13-4-3-5-14-41)60-38-36-52(63(67-70)62(60)66)45-25-32-49(33-26-45)69-59-37-29-43-15-6-8-19-51(43)61(59)56-35-27-44-16-7-9-20-53(44)64(56)69/h3-40,66,70H,1-2H3. The van der Waals surface area contributed by atoms with E-state index in [0.717, 1.165) is 56.0 Å². The van der Waals surface area contributed by atoms with E-state index in [-0.39, 0.29) is 11.1 Å². The van der Waals surface area contributed by atoms with E-state index in [2.05, 4.69) is 265 Å². The molecule has 1 aromatic heterocycles. The van der Waals surface area contributed by atoms with Gasteiger partial charge in [-0.15, -0.1) is 0 Å². The van der Waals surface area contributed by atoms with Gasteiger partial charge < -0.3 is 9.47 Å². The summed E-state index contributed by atoms with van der Waals surface area (Å²) in [5, 5.41) is 17.3. The van der Waals surface area contributed by atoms with Gasteiger partial charge in [-0.3, -0.25) is 5.41 Å². The number of anilines is 2. The number of thiol groups is 1. The van der Waals surface area contributed by atoms with Crippen LogP contribution in [0.4, 0.5) is 11.4 Å². The molecule has 0 fully saturated rings. The number of allylic oxidation sites excluding steroid dienone is 4. The largest absolute Gasteiger partial charge is 0.309 e. The van der Waals surface area contributed by atoms with Gasteiger partial charge in [0.25, 0.3) is 0 Å². The monoisotopic (exact) mass is 914 g/mol. The van der Waals surface area contributed by atoms with E-state index in [4.69, 9.17) is 0 Å². The van der Waals surface area contributed by atoms with Crippen LogP contribution in [0.3, 0.4) is 0 Å². The molecule has 5 heteroatoms. The third-order valence-corrected chi connectivity index (χ3v) is 14.9. The molecule has 10 aromatic carbocycles. The highest BCUT2D eigenvalue weighted by Gasteiger charge is 2.35. The molecule has 0 atom stereocenters. The average molecular weight is 915 g/mol. The highest BCUT2D eigenvalue weighted by molar-refractivity contribution is 7.79. The fourth-order valence-electron chi connectivity index (χ4n) is 11.3. The molecule has 0 amide bonds. The summed E-state index contributed by atoms with van der Waals surface area (Å²) >= 11 is 4.57. The third-order valence-electron chi connectivity index (χ3n) is 14.7. The summed E-state index contributed by atoms with van der Waals surface area (Å²) in [5.41, 5.74) is 18.3. The number of fused-ring (bicyclic) bond motifs is 10. The van der Waals surface area contributed by atoms with Crippen LogP contribution in [0.5, 0.6) is 0 Å². The zero-order valence-corrected chi connectivity index (χ0v) is 39.6. The second kappa shape index (κ2) is 16.3. The fraction of sp³-hybridized carbons (Fsp3) is 0.0462. The summed E-state index contributed by atoms with van der Waals surface area (Å²) in [5.74, 6) is 0. The number of nitrogens with one attached hydrogen (secondary N) is 1. The van der Waals surface area contributed by atoms with Crippen molar-refractivity contribution in [3.63, 3.8) is 0 Å². The normalized spacial score (nSPS) is 14.6. The Balaban J connectivity index is 0.915. The molecule has 2 aliphatic carbocycles. The average Bonchev–Trinajstić information content (AvgIpc) is 3.88. The van der Waals surface area contributed by atoms with Crippen LogP contribution in [0.15, 0.2) is 241 Å². The van der Waals surface area contributed by atoms with E-state index < -0.39 is 0 Å². The summed E-state index contributed by atoms with van der Waals surface area (Å²) in [4.78, 5) is 2.18. The summed E-state index contributed by atoms with van der Waals surface area (Å²) in [6, 6.07) is 78.4. The molecule has 70 heavy (non-hydrogen) atoms. The molecule has 0 radical (unpaired) electrons. The van der Waals surface area contributed by atoms with Gasteiger partial charge in [0.05, 0.1) is 16.7 Å². The van der Waals surface area contributed by atoms with Crippen LogP contribution in [0, 0.1) is 5.41 Å². The Hall–Kier alpha value is -8.51. The summed E-state index contributed by atoms with van der Waals surface area (Å²) in [7, 11) is 0. The van der Waals surface area contributed by atoms with Gasteiger partial charge in [0.15, 0.2) is 0 Å². The van der Waals surface area contributed by atoms with Crippen LogP contribution in [0.25, 0.3) is 88.0 Å². The van der Waals surface area contributed by atoms with E-state index in [1.54, 1.807) is 0 Å². The Kier molecular flexibility index (Phi) is 9.72. The molecule has 1 heterocycles. The van der Waals surface area contributed by atoms with Gasteiger partial charge in [-0.25, -0.2) is 4.40 Å². The van der Waals surface area contributed by atoms with Crippen LogP contribution in [0.1, 0.15) is 30.5 Å². The maximum atomic E-state index is 9.94. The van der Waals surface area contributed by atoms with Crippen molar-refractivity contribution in [2.45, 2.75) is 19.3 Å². The van der Waals surface area contributed by atoms with Gasteiger partial charge in [-0.1, -0.05) is 184 Å². The number of hydrogen-bond acceptors (Lipinski definition) is 4. The first-order valence-corrected chi connectivity index (χ1v) is 24.2. The lowest BCUT2D eigenvalue weighted by atomic mass is 9.81. The zero-order valence-electron chi connectivity index (χ0n) is 38.7. The van der Waals surface area contributed by atoms with Crippen molar-refractivity contribution in [3.8, 4) is 39.1 Å². The van der Waals surface area contributed by atoms with Gasteiger partial charge in [-0.2, -0.15) is 0 Å². The molecule has 11 aromatic rings. The Bertz CT molecular complexity index is 4040. The minimum atomic E-state index is -0.115. The summed E-state index contributed by atoms with van der Waals surface area (Å²) in [6.07, 6.45) is 4.15. The maximum Gasteiger partial charge on any atom is 0.106 e. The van der Waals surface area contributed by atoms with Gasteiger partial charge in [0.2, 0.25) is 0 Å². The molecular formula is C65H46N4S. The van der Waals surface area contributed by atoms with E-state index in [0.29, 0.717) is 11.4 Å². The third kappa shape index (κ3) is 6.53. The molecule has 1 N–H and O–H groups in total. The van der Waals surface area contributed by atoms with E-state index >= 15 is 0 Å². The second-order valence-corrected chi connectivity index (χ2v) is 19.1. The molecule has 0 spiro atoms. The first-order valence-electron chi connectivity index (χ1n) is 23.8. The lowest BCUT2D eigenvalue weighted by Gasteiger charge is -2.31. The van der Waals surface area contributed by atoms with Crippen molar-refractivity contribution in [2.75, 3.05) is 4.90 Å². The molecule has 0 bridgehead atoms. The fourth-order valence-corrected chi connectivity index (χ4v) is 11.5. The quantitative estimate of drug-likeness (QED) is 0.121. The van der Waals surface area contributed by atoms with E-state index in [9.17, 15) is 5.41 Å². The predicted octanol–water partition coefficient (Wildman–Crippen LogP) is 17.2. The van der Waals surface area contributed by atoms with Crippen molar-refractivity contribution >= 4 is 84.5 Å². The van der Waals surface area contributed by atoms with Crippen LogP contribution >= 0.6 is 12.8 Å². The van der Waals surface area contributed by atoms with Crippen molar-refractivity contribution < 1.29 is 0 Å². The Labute approximate surface area is 412 Å². The Morgan fingerprint density at radius 3 is 1.91 bits per heavy atom. The Morgan fingerprint density at radius 1 is 0.486 bits per heavy atom. The first-order chi connectivity index (χ1) is 34.4. The van der Waals surface area contributed by atoms with Crippen LogP contribution in [-0.2, 0) is 5.41 Å². The van der Waals surface area contributed by atoms with Crippen molar-refractivity contribution in [3.05, 3.63) is 253 Å². The lowest BCUT2D eigenvalue weighted by molar-refractivity contribution is 0.660. The molecule has 0 aliphatic heterocycles. The number of hydrogen-bond donors (Lipinski definition) is 2. The highest BCUT2D eigenvalue weighted by atomic mass is 32.1. The molecule has 0 unspecified atom stereocenters. The number of aromatic nitrogens is 1. The van der Waals surface area contributed by atoms with Crippen molar-refractivity contribution in [2.24, 2.45) is 4.40 Å². The second-order valence-electron chi connectivity index (χ2n) is 18.9. The minimum absolute atomic E-state index is 0.115. The summed E-state index contributed by atoms with van der Waals surface area (Å²) in [6.45, 7) is 4.65. The number of benzene rings is 10. The molecule has 0 saturated heterocycles. The molecule has 13 rings (SSSR count). The smallest absolute Gasteiger partial charge is 0.106 e. The molecule has 4 nitrogen and oxygen atoms in total. The topological polar surface area (TPSA) is 44.4 Å². The molecule has 2 aliphatic rings. The van der Waals surface area contributed by atoms with Crippen molar-refractivity contribution in [1.29, 1.82) is 5.41 Å². The highest BCUT2D eigenvalue weighted by Crippen LogP contribution is 2.50. The van der Waals surface area contributed by atoms with E-state index in [1.165, 1.54) is 60.1 Å². The molecular weight excluding hydrogens is 869 g/mol. The Morgan fingerprint density at radius 2 is 1.11 bits per heavy atom. The zero-order chi connectivity index (χ0) is 47.1.